The van der Waals surface area contributed by atoms with Crippen molar-refractivity contribution in [2.45, 2.75) is 52.0 Å². The highest BCUT2D eigenvalue weighted by Gasteiger charge is 2.12. The van der Waals surface area contributed by atoms with Gasteiger partial charge in [0.25, 0.3) is 0 Å². The summed E-state index contributed by atoms with van der Waals surface area (Å²) in [4.78, 5) is 11.3. The second-order valence-corrected chi connectivity index (χ2v) is 3.16. The molecule has 0 rings (SSSR count). The minimum atomic E-state index is 0.0987. The molecule has 0 amide bonds. The van der Waals surface area contributed by atoms with Crippen molar-refractivity contribution in [1.82, 2.24) is 5.32 Å². The average molecular weight is 171 g/mol. The average Bonchev–Trinajstić information content (AvgIpc) is 2.11. The Balaban J connectivity index is 3.60. The zero-order chi connectivity index (χ0) is 9.40. The third kappa shape index (κ3) is 4.50. The molecule has 2 nitrogen and oxygen atoms in total. The van der Waals surface area contributed by atoms with E-state index in [2.05, 4.69) is 12.2 Å². The summed E-state index contributed by atoms with van der Waals surface area (Å²) in [5.41, 5.74) is 0. The highest BCUT2D eigenvalue weighted by Crippen LogP contribution is 2.05. The first-order valence-corrected chi connectivity index (χ1v) is 4.96. The van der Waals surface area contributed by atoms with Crippen molar-refractivity contribution in [2.24, 2.45) is 0 Å². The highest BCUT2D eigenvalue weighted by atomic mass is 16.1. The third-order valence-electron chi connectivity index (χ3n) is 2.18. The normalized spacial score (nSPS) is 12.9. The SMILES string of the molecule is CCCCC[C@@H](NC)C(=O)CC. The highest BCUT2D eigenvalue weighted by molar-refractivity contribution is 5.83. The van der Waals surface area contributed by atoms with Gasteiger partial charge in [0.1, 0.15) is 5.78 Å². The molecule has 0 bridgehead atoms. The Morgan fingerprint density at radius 1 is 1.33 bits per heavy atom. The van der Waals surface area contributed by atoms with Crippen LogP contribution in [0.1, 0.15) is 46.0 Å². The van der Waals surface area contributed by atoms with Gasteiger partial charge in [0, 0.05) is 6.42 Å². The van der Waals surface area contributed by atoms with Crippen LogP contribution in [-0.2, 0) is 4.79 Å². The molecule has 0 aromatic heterocycles. The summed E-state index contributed by atoms with van der Waals surface area (Å²) in [5, 5.41) is 3.06. The minimum absolute atomic E-state index is 0.0987. The molecule has 0 unspecified atom stereocenters. The smallest absolute Gasteiger partial charge is 0.149 e. The van der Waals surface area contributed by atoms with Crippen molar-refractivity contribution >= 4 is 5.78 Å². The quantitative estimate of drug-likeness (QED) is 0.595. The largest absolute Gasteiger partial charge is 0.311 e. The number of unbranched alkanes of at least 4 members (excludes halogenated alkanes) is 2. The predicted octanol–water partition coefficient (Wildman–Crippen LogP) is 2.13. The van der Waals surface area contributed by atoms with E-state index >= 15 is 0 Å². The van der Waals surface area contributed by atoms with Crippen LogP contribution in [0, 0.1) is 0 Å². The number of carbonyl (C=O) groups is 1. The molecule has 0 aromatic rings. The first-order chi connectivity index (χ1) is 5.76. The summed E-state index contributed by atoms with van der Waals surface area (Å²) in [6, 6.07) is 0.0987. The monoisotopic (exact) mass is 171 g/mol. The van der Waals surface area contributed by atoms with Crippen LogP contribution in [0.2, 0.25) is 0 Å². The molecule has 0 aliphatic carbocycles. The Morgan fingerprint density at radius 2 is 2.00 bits per heavy atom. The van der Waals surface area contributed by atoms with Gasteiger partial charge < -0.3 is 5.32 Å². The molecule has 0 heterocycles. The molecule has 0 aliphatic heterocycles. The maximum absolute atomic E-state index is 11.3. The summed E-state index contributed by atoms with van der Waals surface area (Å²) in [7, 11) is 1.87. The van der Waals surface area contributed by atoms with E-state index in [1.807, 2.05) is 14.0 Å². The van der Waals surface area contributed by atoms with Crippen molar-refractivity contribution in [3.63, 3.8) is 0 Å². The van der Waals surface area contributed by atoms with E-state index in [1.165, 1.54) is 12.8 Å². The lowest BCUT2D eigenvalue weighted by atomic mass is 10.0. The third-order valence-corrected chi connectivity index (χ3v) is 2.18. The second-order valence-electron chi connectivity index (χ2n) is 3.16. The molecule has 0 aliphatic rings. The molecule has 0 spiro atoms. The topological polar surface area (TPSA) is 29.1 Å². The number of likely N-dealkylation sites (N-methyl/N-ethyl adjacent to an activating group) is 1. The Labute approximate surface area is 75.7 Å². The van der Waals surface area contributed by atoms with E-state index in [9.17, 15) is 4.79 Å². The van der Waals surface area contributed by atoms with Crippen molar-refractivity contribution < 1.29 is 4.79 Å². The maximum Gasteiger partial charge on any atom is 0.149 e. The molecule has 0 aromatic carbocycles. The van der Waals surface area contributed by atoms with Crippen LogP contribution < -0.4 is 5.32 Å². The van der Waals surface area contributed by atoms with Crippen LogP contribution >= 0.6 is 0 Å². The van der Waals surface area contributed by atoms with Gasteiger partial charge in [-0.2, -0.15) is 0 Å². The Kier molecular flexibility index (Phi) is 7.06. The summed E-state index contributed by atoms with van der Waals surface area (Å²) in [6.45, 7) is 4.10. The van der Waals surface area contributed by atoms with E-state index in [4.69, 9.17) is 0 Å². The molecule has 12 heavy (non-hydrogen) atoms. The van der Waals surface area contributed by atoms with Gasteiger partial charge >= 0.3 is 0 Å². The Morgan fingerprint density at radius 3 is 2.42 bits per heavy atom. The molecule has 2 heteroatoms. The lowest BCUT2D eigenvalue weighted by Crippen LogP contribution is -2.33. The molecular weight excluding hydrogens is 150 g/mol. The molecule has 1 atom stereocenters. The minimum Gasteiger partial charge on any atom is -0.311 e. The fourth-order valence-electron chi connectivity index (χ4n) is 1.31. The lowest BCUT2D eigenvalue weighted by molar-refractivity contribution is -0.120. The zero-order valence-corrected chi connectivity index (χ0v) is 8.52. The lowest BCUT2D eigenvalue weighted by Gasteiger charge is -2.12. The predicted molar refractivity (Wildman–Crippen MR) is 52.3 cm³/mol. The molecular formula is C10H21NO. The van der Waals surface area contributed by atoms with Gasteiger partial charge in [0.05, 0.1) is 6.04 Å². The fraction of sp³-hybridized carbons (Fsp3) is 0.900. The second kappa shape index (κ2) is 7.29. The first kappa shape index (κ1) is 11.6. The number of hydrogen-bond acceptors (Lipinski definition) is 2. The van der Waals surface area contributed by atoms with Gasteiger partial charge in [0.2, 0.25) is 0 Å². The number of Topliss-reactive ketones (excluding diaryl/α,β-unsaturated/α-hetero) is 1. The Hall–Kier alpha value is -0.370. The van der Waals surface area contributed by atoms with Crippen LogP contribution in [-0.4, -0.2) is 18.9 Å². The number of rotatable bonds is 7. The number of hydrogen-bond donors (Lipinski definition) is 1. The molecule has 1 N–H and O–H groups in total. The summed E-state index contributed by atoms with van der Waals surface area (Å²) >= 11 is 0. The summed E-state index contributed by atoms with van der Waals surface area (Å²) in [6.07, 6.45) is 5.26. The van der Waals surface area contributed by atoms with E-state index in [1.54, 1.807) is 0 Å². The molecule has 72 valence electrons. The van der Waals surface area contributed by atoms with Crippen molar-refractivity contribution in [3.05, 3.63) is 0 Å². The molecule has 0 saturated carbocycles. The molecule has 0 radical (unpaired) electrons. The van der Waals surface area contributed by atoms with Gasteiger partial charge in [-0.05, 0) is 13.5 Å². The summed E-state index contributed by atoms with van der Waals surface area (Å²) < 4.78 is 0. The van der Waals surface area contributed by atoms with Gasteiger partial charge in [-0.15, -0.1) is 0 Å². The standard InChI is InChI=1S/C10H21NO/c1-4-6-7-8-9(11-3)10(12)5-2/h9,11H,4-8H2,1-3H3/t9-/m1/s1. The fourth-order valence-corrected chi connectivity index (χ4v) is 1.31. The van der Waals surface area contributed by atoms with Gasteiger partial charge in [0.15, 0.2) is 0 Å². The van der Waals surface area contributed by atoms with Crippen LogP contribution in [0.3, 0.4) is 0 Å². The maximum atomic E-state index is 11.3. The van der Waals surface area contributed by atoms with Crippen LogP contribution in [0.15, 0.2) is 0 Å². The van der Waals surface area contributed by atoms with E-state index in [-0.39, 0.29) is 6.04 Å². The molecule has 0 saturated heterocycles. The van der Waals surface area contributed by atoms with E-state index < -0.39 is 0 Å². The van der Waals surface area contributed by atoms with Crippen molar-refractivity contribution in [3.8, 4) is 0 Å². The zero-order valence-electron chi connectivity index (χ0n) is 8.52. The van der Waals surface area contributed by atoms with Gasteiger partial charge in [-0.25, -0.2) is 0 Å². The van der Waals surface area contributed by atoms with Crippen molar-refractivity contribution in [1.29, 1.82) is 0 Å². The van der Waals surface area contributed by atoms with Crippen LogP contribution in [0.4, 0.5) is 0 Å². The van der Waals surface area contributed by atoms with E-state index in [0.717, 1.165) is 12.8 Å². The number of ketones is 1. The van der Waals surface area contributed by atoms with Gasteiger partial charge in [-0.3, -0.25) is 4.79 Å². The van der Waals surface area contributed by atoms with Gasteiger partial charge in [-0.1, -0.05) is 33.1 Å². The number of nitrogens with one attached hydrogen (secondary N) is 1. The van der Waals surface area contributed by atoms with E-state index in [0.29, 0.717) is 12.2 Å². The van der Waals surface area contributed by atoms with Crippen LogP contribution in [0.25, 0.3) is 0 Å². The van der Waals surface area contributed by atoms with Crippen molar-refractivity contribution in [2.75, 3.05) is 7.05 Å². The Bertz CT molecular complexity index is 123. The summed E-state index contributed by atoms with van der Waals surface area (Å²) in [5.74, 6) is 0.341. The molecule has 0 fully saturated rings. The van der Waals surface area contributed by atoms with Crippen LogP contribution in [0.5, 0.6) is 0 Å². The number of carbonyl (C=O) groups excluding carboxylic acids is 1. The first-order valence-electron chi connectivity index (χ1n) is 4.96.